The normalized spacial score (nSPS) is 15.4. The molecular weight excluding hydrogens is 599 g/mol. The molecule has 0 bridgehead atoms. The first-order valence-corrected chi connectivity index (χ1v) is 17.2. The van der Waals surface area contributed by atoms with Crippen LogP contribution in [0.5, 0.6) is 0 Å². The Balaban J connectivity index is 0.000000244. The molecule has 1 heterocycles. The van der Waals surface area contributed by atoms with Crippen LogP contribution in [0.25, 0.3) is 43.6 Å². The molecule has 0 saturated carbocycles. The molecule has 6 aromatic carbocycles. The van der Waals surface area contributed by atoms with Gasteiger partial charge in [-0.2, -0.15) is 0 Å². The number of aromatic carboxylic acids is 1. The summed E-state index contributed by atoms with van der Waals surface area (Å²) >= 11 is 0. The van der Waals surface area contributed by atoms with Crippen LogP contribution in [0.3, 0.4) is 0 Å². The topological polar surface area (TPSA) is 50.2 Å². The Bertz CT molecular complexity index is 2330. The molecule has 244 valence electrons. The molecule has 0 saturated heterocycles. The summed E-state index contributed by atoms with van der Waals surface area (Å²) in [6, 6.07) is 45.2. The van der Waals surface area contributed by atoms with Gasteiger partial charge >= 0.3 is 5.97 Å². The van der Waals surface area contributed by atoms with Crippen LogP contribution in [0.2, 0.25) is 0 Å². The van der Waals surface area contributed by atoms with Crippen LogP contribution in [0, 0.1) is 5.41 Å². The average Bonchev–Trinajstić information content (AvgIpc) is 3.10. The number of fused-ring (bicyclic) bond motifs is 6. The standard InChI is InChI=1S/C36H36.C10H7NO2/c1-35(2,3)29-17-13-24(14-18-29)26-10-8-11-28(21-26)34-22-27-16-20-31-30-12-7-6-9-25(30)15-19-32(31)33(27)23-36(34,4)5;12-10(13)8-3-4-9-7(6-8)2-1-5-11-9/h6-21,34H,22-23H2,1-5H3;1-6H,(H,12,13). The van der Waals surface area contributed by atoms with Crippen LogP contribution in [0.4, 0.5) is 0 Å². The molecule has 1 aromatic heterocycles. The van der Waals surface area contributed by atoms with Gasteiger partial charge in [-0.1, -0.05) is 138 Å². The van der Waals surface area contributed by atoms with E-state index in [0.717, 1.165) is 23.7 Å². The quantitative estimate of drug-likeness (QED) is 0.195. The lowest BCUT2D eigenvalue weighted by Crippen LogP contribution is -2.31. The van der Waals surface area contributed by atoms with Gasteiger partial charge in [0.2, 0.25) is 0 Å². The molecule has 1 aliphatic carbocycles. The van der Waals surface area contributed by atoms with Crippen molar-refractivity contribution in [3.05, 3.63) is 161 Å². The Morgan fingerprint density at radius 1 is 0.714 bits per heavy atom. The van der Waals surface area contributed by atoms with E-state index in [2.05, 4.69) is 137 Å². The number of carboxylic acids is 1. The van der Waals surface area contributed by atoms with E-state index in [0.29, 0.717) is 11.5 Å². The van der Waals surface area contributed by atoms with Crippen molar-refractivity contribution < 1.29 is 9.90 Å². The summed E-state index contributed by atoms with van der Waals surface area (Å²) in [6.07, 6.45) is 3.88. The third-order valence-corrected chi connectivity index (χ3v) is 10.4. The van der Waals surface area contributed by atoms with Gasteiger partial charge in [-0.3, -0.25) is 4.98 Å². The van der Waals surface area contributed by atoms with Gasteiger partial charge in [0, 0.05) is 11.6 Å². The SMILES string of the molecule is CC(C)(C)c1ccc(-c2cccc(C3Cc4ccc5c(ccc6ccccc65)c4CC3(C)C)c2)cc1.O=C(O)c1ccc2ncccc2c1. The molecule has 3 nitrogen and oxygen atoms in total. The second-order valence-electron chi connectivity index (χ2n) is 15.2. The molecule has 0 amide bonds. The lowest BCUT2D eigenvalue weighted by Gasteiger charge is -2.41. The van der Waals surface area contributed by atoms with Gasteiger partial charge < -0.3 is 5.11 Å². The predicted octanol–water partition coefficient (Wildman–Crippen LogP) is 11.8. The van der Waals surface area contributed by atoms with E-state index in [-0.39, 0.29) is 10.8 Å². The van der Waals surface area contributed by atoms with Crippen LogP contribution in [-0.2, 0) is 18.3 Å². The Morgan fingerprint density at radius 2 is 1.47 bits per heavy atom. The summed E-state index contributed by atoms with van der Waals surface area (Å²) in [6.45, 7) is 11.8. The van der Waals surface area contributed by atoms with Gasteiger partial charge in [0.05, 0.1) is 11.1 Å². The lowest BCUT2D eigenvalue weighted by atomic mass is 9.63. The molecule has 0 radical (unpaired) electrons. The van der Waals surface area contributed by atoms with E-state index in [9.17, 15) is 4.79 Å². The fraction of sp³-hybridized carbons (Fsp3) is 0.217. The molecule has 8 rings (SSSR count). The van der Waals surface area contributed by atoms with E-state index < -0.39 is 5.97 Å². The molecule has 1 N–H and O–H groups in total. The van der Waals surface area contributed by atoms with E-state index in [1.165, 1.54) is 49.4 Å². The molecule has 1 unspecified atom stereocenters. The zero-order valence-electron chi connectivity index (χ0n) is 29.0. The number of pyridine rings is 1. The second kappa shape index (κ2) is 12.6. The van der Waals surface area contributed by atoms with Crippen LogP contribution in [-0.4, -0.2) is 16.1 Å². The molecule has 49 heavy (non-hydrogen) atoms. The van der Waals surface area contributed by atoms with Crippen LogP contribution >= 0.6 is 0 Å². The maximum atomic E-state index is 10.6. The molecule has 0 aliphatic heterocycles. The van der Waals surface area contributed by atoms with Crippen molar-refractivity contribution in [3.63, 3.8) is 0 Å². The largest absolute Gasteiger partial charge is 0.478 e. The van der Waals surface area contributed by atoms with E-state index in [1.54, 1.807) is 36.0 Å². The zero-order valence-corrected chi connectivity index (χ0v) is 29.0. The highest BCUT2D eigenvalue weighted by molar-refractivity contribution is 6.08. The average molecular weight is 642 g/mol. The predicted molar refractivity (Wildman–Crippen MR) is 205 cm³/mol. The maximum Gasteiger partial charge on any atom is 0.335 e. The molecule has 3 heteroatoms. The van der Waals surface area contributed by atoms with Crippen LogP contribution < -0.4 is 0 Å². The Morgan fingerprint density at radius 3 is 2.24 bits per heavy atom. The van der Waals surface area contributed by atoms with Crippen LogP contribution in [0.15, 0.2) is 134 Å². The third-order valence-electron chi connectivity index (χ3n) is 10.4. The van der Waals surface area contributed by atoms with Crippen molar-refractivity contribution >= 4 is 38.4 Å². The number of carboxylic acid groups (broad SMARTS) is 1. The van der Waals surface area contributed by atoms with Crippen LogP contribution in [0.1, 0.15) is 73.1 Å². The lowest BCUT2D eigenvalue weighted by molar-refractivity contribution is 0.0697. The number of aromatic nitrogens is 1. The Kier molecular flexibility index (Phi) is 8.32. The van der Waals surface area contributed by atoms with E-state index in [1.807, 2.05) is 6.07 Å². The first kappa shape index (κ1) is 32.3. The number of hydrogen-bond donors (Lipinski definition) is 1. The smallest absolute Gasteiger partial charge is 0.335 e. The molecule has 0 spiro atoms. The summed E-state index contributed by atoms with van der Waals surface area (Å²) in [5, 5.41) is 15.1. The highest BCUT2D eigenvalue weighted by Gasteiger charge is 2.37. The van der Waals surface area contributed by atoms with E-state index >= 15 is 0 Å². The Hall–Kier alpha value is -5.28. The van der Waals surface area contributed by atoms with Gasteiger partial charge in [0.15, 0.2) is 0 Å². The van der Waals surface area contributed by atoms with Crippen molar-refractivity contribution in [2.75, 3.05) is 0 Å². The summed E-state index contributed by atoms with van der Waals surface area (Å²) in [5.41, 5.74) is 9.99. The van der Waals surface area contributed by atoms with Crippen molar-refractivity contribution in [2.24, 2.45) is 5.41 Å². The van der Waals surface area contributed by atoms with Gasteiger partial charge in [0.1, 0.15) is 0 Å². The number of hydrogen-bond acceptors (Lipinski definition) is 2. The Labute approximate surface area is 289 Å². The molecule has 1 atom stereocenters. The number of rotatable bonds is 3. The molecular formula is C46H43NO2. The van der Waals surface area contributed by atoms with Gasteiger partial charge in [-0.05, 0) is 109 Å². The fourth-order valence-electron chi connectivity index (χ4n) is 7.55. The third kappa shape index (κ3) is 6.46. The summed E-state index contributed by atoms with van der Waals surface area (Å²) in [5.74, 6) is -0.414. The minimum absolute atomic E-state index is 0.177. The minimum atomic E-state index is -0.911. The minimum Gasteiger partial charge on any atom is -0.478 e. The first-order valence-electron chi connectivity index (χ1n) is 17.2. The number of carbonyl (C=O) groups is 1. The van der Waals surface area contributed by atoms with Crippen molar-refractivity contribution in [2.45, 2.75) is 58.8 Å². The molecule has 0 fully saturated rings. The monoisotopic (exact) mass is 641 g/mol. The van der Waals surface area contributed by atoms with Gasteiger partial charge in [-0.25, -0.2) is 4.79 Å². The first-order chi connectivity index (χ1) is 23.5. The van der Waals surface area contributed by atoms with Gasteiger partial charge in [0.25, 0.3) is 0 Å². The number of benzene rings is 6. The molecule has 7 aromatic rings. The van der Waals surface area contributed by atoms with E-state index in [4.69, 9.17) is 5.11 Å². The summed E-state index contributed by atoms with van der Waals surface area (Å²) in [4.78, 5) is 14.7. The maximum absolute atomic E-state index is 10.6. The molecule has 1 aliphatic rings. The second-order valence-corrected chi connectivity index (χ2v) is 15.2. The van der Waals surface area contributed by atoms with Crippen molar-refractivity contribution in [3.8, 4) is 11.1 Å². The highest BCUT2D eigenvalue weighted by Crippen LogP contribution is 2.48. The zero-order chi connectivity index (χ0) is 34.3. The highest BCUT2D eigenvalue weighted by atomic mass is 16.4. The summed E-state index contributed by atoms with van der Waals surface area (Å²) in [7, 11) is 0. The summed E-state index contributed by atoms with van der Waals surface area (Å²) < 4.78 is 0. The van der Waals surface area contributed by atoms with Crippen molar-refractivity contribution in [1.29, 1.82) is 0 Å². The fourth-order valence-corrected chi connectivity index (χ4v) is 7.55. The number of nitrogens with zero attached hydrogens (tertiary/aromatic N) is 1. The van der Waals surface area contributed by atoms with Crippen molar-refractivity contribution in [1.82, 2.24) is 4.98 Å². The van der Waals surface area contributed by atoms with Gasteiger partial charge in [-0.15, -0.1) is 0 Å².